The Hall–Kier alpha value is -1.39. The molecular weight excluding hydrogens is 298 g/mol. The Labute approximate surface area is 146 Å². The minimum Gasteiger partial charge on any atom is -0.342 e. The zero-order valence-electron chi connectivity index (χ0n) is 15.0. The van der Waals surface area contributed by atoms with Crippen molar-refractivity contribution in [3.8, 4) is 0 Å². The lowest BCUT2D eigenvalue weighted by Gasteiger charge is -2.41. The minimum absolute atomic E-state index is 0.155. The van der Waals surface area contributed by atoms with E-state index in [1.807, 2.05) is 11.9 Å². The lowest BCUT2D eigenvalue weighted by atomic mass is 9.95. The summed E-state index contributed by atoms with van der Waals surface area (Å²) >= 11 is 0. The van der Waals surface area contributed by atoms with Crippen LogP contribution in [0, 0.1) is 5.92 Å². The van der Waals surface area contributed by atoms with E-state index < -0.39 is 0 Å². The van der Waals surface area contributed by atoms with Gasteiger partial charge in [-0.25, -0.2) is 0 Å². The van der Waals surface area contributed by atoms with E-state index in [-0.39, 0.29) is 12.0 Å². The summed E-state index contributed by atoms with van der Waals surface area (Å²) in [6, 6.07) is 11.8. The Morgan fingerprint density at radius 1 is 1.21 bits per heavy atom. The summed E-state index contributed by atoms with van der Waals surface area (Å²) in [5.41, 5.74) is 7.35. The quantitative estimate of drug-likeness (QED) is 0.924. The first-order valence-electron chi connectivity index (χ1n) is 9.35. The molecule has 1 aliphatic carbocycles. The van der Waals surface area contributed by atoms with Gasteiger partial charge in [0.2, 0.25) is 5.91 Å². The second kappa shape index (κ2) is 7.66. The lowest BCUT2D eigenvalue weighted by molar-refractivity contribution is -0.137. The van der Waals surface area contributed by atoms with Crippen LogP contribution in [-0.2, 0) is 11.3 Å². The van der Waals surface area contributed by atoms with Crippen LogP contribution in [-0.4, -0.2) is 47.4 Å². The summed E-state index contributed by atoms with van der Waals surface area (Å²) in [7, 11) is 2.00. The fourth-order valence-corrected chi connectivity index (χ4v) is 4.31. The van der Waals surface area contributed by atoms with Gasteiger partial charge in [-0.15, -0.1) is 0 Å². The first-order valence-corrected chi connectivity index (χ1v) is 9.35. The SMILES string of the molecule is CC1CC(N(C)C(=O)C2CCC(N)C2)CCN1Cc1ccccc1. The Balaban J connectivity index is 1.53. The van der Waals surface area contributed by atoms with Crippen LogP contribution in [0.15, 0.2) is 30.3 Å². The average Bonchev–Trinajstić information content (AvgIpc) is 3.03. The highest BCUT2D eigenvalue weighted by atomic mass is 16.2. The molecule has 1 aromatic carbocycles. The standard InChI is InChI=1S/C20H31N3O/c1-15-12-19(22(2)20(24)17-8-9-18(21)13-17)10-11-23(15)14-16-6-4-3-5-7-16/h3-7,15,17-19H,8-14,21H2,1-2H3. The van der Waals surface area contributed by atoms with Crippen LogP contribution < -0.4 is 5.73 Å². The van der Waals surface area contributed by atoms with E-state index in [0.29, 0.717) is 18.0 Å². The molecular formula is C20H31N3O. The fraction of sp³-hybridized carbons (Fsp3) is 0.650. The van der Waals surface area contributed by atoms with Gasteiger partial charge in [0.25, 0.3) is 0 Å². The molecule has 24 heavy (non-hydrogen) atoms. The van der Waals surface area contributed by atoms with Crippen molar-refractivity contribution in [2.45, 2.75) is 63.7 Å². The average molecular weight is 329 g/mol. The van der Waals surface area contributed by atoms with Gasteiger partial charge in [-0.2, -0.15) is 0 Å². The van der Waals surface area contributed by atoms with Gasteiger partial charge in [-0.1, -0.05) is 30.3 Å². The number of nitrogens with two attached hydrogens (primary N) is 1. The second-order valence-corrected chi connectivity index (χ2v) is 7.70. The van der Waals surface area contributed by atoms with Crippen molar-refractivity contribution in [2.75, 3.05) is 13.6 Å². The summed E-state index contributed by atoms with van der Waals surface area (Å²) in [5, 5.41) is 0. The smallest absolute Gasteiger partial charge is 0.225 e. The van der Waals surface area contributed by atoms with Crippen molar-refractivity contribution in [2.24, 2.45) is 11.7 Å². The van der Waals surface area contributed by atoms with Crippen molar-refractivity contribution in [3.63, 3.8) is 0 Å². The number of likely N-dealkylation sites (tertiary alicyclic amines) is 1. The third-order valence-electron chi connectivity index (χ3n) is 5.93. The topological polar surface area (TPSA) is 49.6 Å². The molecule has 4 heteroatoms. The molecule has 1 saturated carbocycles. The molecule has 1 aromatic rings. The molecule has 1 heterocycles. The van der Waals surface area contributed by atoms with Gasteiger partial charge in [0.1, 0.15) is 0 Å². The van der Waals surface area contributed by atoms with Gasteiger partial charge in [0.15, 0.2) is 0 Å². The van der Waals surface area contributed by atoms with Crippen molar-refractivity contribution >= 4 is 5.91 Å². The van der Waals surface area contributed by atoms with Crippen molar-refractivity contribution in [1.82, 2.24) is 9.80 Å². The predicted octanol–water partition coefficient (Wildman–Crippen LogP) is 2.63. The fourth-order valence-electron chi connectivity index (χ4n) is 4.31. The molecule has 4 atom stereocenters. The van der Waals surface area contributed by atoms with Crippen LogP contribution in [0.4, 0.5) is 0 Å². The van der Waals surface area contributed by atoms with Crippen LogP contribution in [0.2, 0.25) is 0 Å². The van der Waals surface area contributed by atoms with Gasteiger partial charge in [0.05, 0.1) is 0 Å². The van der Waals surface area contributed by atoms with E-state index in [1.165, 1.54) is 5.56 Å². The van der Waals surface area contributed by atoms with E-state index in [9.17, 15) is 4.79 Å². The monoisotopic (exact) mass is 329 g/mol. The lowest BCUT2D eigenvalue weighted by Crippen LogP contribution is -2.50. The number of amides is 1. The second-order valence-electron chi connectivity index (χ2n) is 7.70. The largest absolute Gasteiger partial charge is 0.342 e. The van der Waals surface area contributed by atoms with E-state index in [4.69, 9.17) is 5.73 Å². The van der Waals surface area contributed by atoms with E-state index in [0.717, 1.165) is 45.2 Å². The molecule has 0 spiro atoms. The van der Waals surface area contributed by atoms with Gasteiger partial charge in [-0.3, -0.25) is 9.69 Å². The number of piperidine rings is 1. The van der Waals surface area contributed by atoms with Crippen molar-refractivity contribution < 1.29 is 4.79 Å². The molecule has 1 aliphatic heterocycles. The molecule has 0 aromatic heterocycles. The Morgan fingerprint density at radius 2 is 1.96 bits per heavy atom. The number of nitrogens with zero attached hydrogens (tertiary/aromatic N) is 2. The van der Waals surface area contributed by atoms with Crippen LogP contribution in [0.25, 0.3) is 0 Å². The van der Waals surface area contributed by atoms with Gasteiger partial charge < -0.3 is 10.6 Å². The Kier molecular flexibility index (Phi) is 5.57. The molecule has 4 unspecified atom stereocenters. The molecule has 0 bridgehead atoms. The van der Waals surface area contributed by atoms with E-state index in [2.05, 4.69) is 42.2 Å². The Morgan fingerprint density at radius 3 is 2.58 bits per heavy atom. The molecule has 132 valence electrons. The molecule has 2 aliphatic rings. The molecule has 0 radical (unpaired) electrons. The van der Waals surface area contributed by atoms with Crippen molar-refractivity contribution in [3.05, 3.63) is 35.9 Å². The summed E-state index contributed by atoms with van der Waals surface area (Å²) in [5.74, 6) is 0.472. The third kappa shape index (κ3) is 3.98. The number of hydrogen-bond acceptors (Lipinski definition) is 3. The summed E-state index contributed by atoms with van der Waals surface area (Å²) in [6.07, 6.45) is 4.96. The first kappa shape index (κ1) is 17.4. The summed E-state index contributed by atoms with van der Waals surface area (Å²) < 4.78 is 0. The summed E-state index contributed by atoms with van der Waals surface area (Å²) in [4.78, 5) is 17.3. The number of carbonyl (C=O) groups is 1. The van der Waals surface area contributed by atoms with Crippen LogP contribution in [0.5, 0.6) is 0 Å². The zero-order chi connectivity index (χ0) is 17.1. The predicted molar refractivity (Wildman–Crippen MR) is 97.4 cm³/mol. The highest BCUT2D eigenvalue weighted by molar-refractivity contribution is 5.79. The van der Waals surface area contributed by atoms with Gasteiger partial charge in [-0.05, 0) is 44.6 Å². The number of rotatable bonds is 4. The molecule has 1 amide bonds. The first-order chi connectivity index (χ1) is 11.5. The maximum absolute atomic E-state index is 12.7. The molecule has 4 nitrogen and oxygen atoms in total. The number of carbonyl (C=O) groups excluding carboxylic acids is 1. The highest BCUT2D eigenvalue weighted by Crippen LogP contribution is 2.29. The Bertz CT molecular complexity index is 547. The highest BCUT2D eigenvalue weighted by Gasteiger charge is 2.35. The summed E-state index contributed by atoms with van der Waals surface area (Å²) in [6.45, 7) is 4.35. The van der Waals surface area contributed by atoms with E-state index in [1.54, 1.807) is 0 Å². The molecule has 2 N–H and O–H groups in total. The normalized spacial score (nSPS) is 31.1. The molecule has 3 rings (SSSR count). The minimum atomic E-state index is 0.155. The van der Waals surface area contributed by atoms with Crippen LogP contribution in [0.1, 0.15) is 44.6 Å². The van der Waals surface area contributed by atoms with E-state index >= 15 is 0 Å². The molecule has 2 fully saturated rings. The van der Waals surface area contributed by atoms with Crippen molar-refractivity contribution in [1.29, 1.82) is 0 Å². The van der Waals surface area contributed by atoms with Gasteiger partial charge >= 0.3 is 0 Å². The number of hydrogen-bond donors (Lipinski definition) is 1. The number of benzene rings is 1. The molecule has 1 saturated heterocycles. The van der Waals surface area contributed by atoms with Crippen LogP contribution >= 0.6 is 0 Å². The maximum Gasteiger partial charge on any atom is 0.225 e. The maximum atomic E-state index is 12.7. The van der Waals surface area contributed by atoms with Gasteiger partial charge in [0, 0.05) is 44.2 Å². The third-order valence-corrected chi connectivity index (χ3v) is 5.93. The zero-order valence-corrected chi connectivity index (χ0v) is 15.0. The van der Waals surface area contributed by atoms with Crippen LogP contribution in [0.3, 0.4) is 0 Å².